The van der Waals surface area contributed by atoms with Crippen molar-refractivity contribution in [1.82, 2.24) is 20.3 Å². The van der Waals surface area contributed by atoms with Crippen LogP contribution in [-0.4, -0.2) is 52.2 Å². The number of nitrogens with zero attached hydrogens (tertiary/aromatic N) is 4. The van der Waals surface area contributed by atoms with Crippen LogP contribution in [0.4, 0.5) is 11.8 Å². The van der Waals surface area contributed by atoms with Crippen LogP contribution < -0.4 is 16.0 Å². The highest BCUT2D eigenvalue weighted by atomic mass is 16.5. The molecular weight excluding hydrogens is 368 g/mol. The molecule has 1 spiro atoms. The second kappa shape index (κ2) is 6.66. The molecule has 3 fully saturated rings. The van der Waals surface area contributed by atoms with Crippen LogP contribution in [0, 0.1) is 25.7 Å². The van der Waals surface area contributed by atoms with Gasteiger partial charge in [-0.1, -0.05) is 0 Å². The lowest BCUT2D eigenvalue weighted by Crippen LogP contribution is -2.41. The van der Waals surface area contributed by atoms with Gasteiger partial charge >= 0.3 is 0 Å². The van der Waals surface area contributed by atoms with Crippen molar-refractivity contribution in [2.45, 2.75) is 38.4 Å². The van der Waals surface area contributed by atoms with E-state index in [1.807, 2.05) is 26.0 Å². The molecule has 0 radical (unpaired) electrons. The van der Waals surface area contributed by atoms with Gasteiger partial charge in [-0.3, -0.25) is 9.78 Å². The van der Waals surface area contributed by atoms with E-state index in [-0.39, 0.29) is 17.6 Å². The molecule has 2 aromatic heterocycles. The van der Waals surface area contributed by atoms with E-state index < -0.39 is 0 Å². The Kier molecular flexibility index (Phi) is 4.20. The molecule has 8 heteroatoms. The van der Waals surface area contributed by atoms with Crippen molar-refractivity contribution in [2.24, 2.45) is 11.8 Å². The molecule has 3 aliphatic heterocycles. The fraction of sp³-hybridized carbons (Fsp3) is 0.524. The Labute approximate surface area is 169 Å². The van der Waals surface area contributed by atoms with Crippen LogP contribution in [0.5, 0.6) is 0 Å². The van der Waals surface area contributed by atoms with Gasteiger partial charge in [-0.2, -0.15) is 4.98 Å². The highest BCUT2D eigenvalue weighted by Gasteiger charge is 2.63. The summed E-state index contributed by atoms with van der Waals surface area (Å²) in [5.41, 5.74) is 8.05. The van der Waals surface area contributed by atoms with Gasteiger partial charge in [-0.15, -0.1) is 0 Å². The number of ether oxygens (including phenoxy) is 1. The summed E-state index contributed by atoms with van der Waals surface area (Å²) in [6.07, 6.45) is 3.99. The Bertz CT molecular complexity index is 946. The average Bonchev–Trinajstić information content (AvgIpc) is 3.34. The Balaban J connectivity index is 1.30. The molecule has 0 saturated carbocycles. The Hall–Kier alpha value is -2.74. The number of rotatable bonds is 4. The van der Waals surface area contributed by atoms with Crippen LogP contribution in [0.2, 0.25) is 0 Å². The maximum absolute atomic E-state index is 12.7. The van der Waals surface area contributed by atoms with E-state index in [9.17, 15) is 4.79 Å². The van der Waals surface area contributed by atoms with E-state index in [0.29, 0.717) is 35.7 Å². The van der Waals surface area contributed by atoms with E-state index in [1.54, 1.807) is 12.3 Å². The number of anilines is 2. The number of nitrogen functional groups attached to an aromatic ring is 1. The van der Waals surface area contributed by atoms with Gasteiger partial charge in [0.25, 0.3) is 5.91 Å². The summed E-state index contributed by atoms with van der Waals surface area (Å²) in [4.78, 5) is 28.0. The maximum atomic E-state index is 12.7. The van der Waals surface area contributed by atoms with Gasteiger partial charge in [0, 0.05) is 48.1 Å². The van der Waals surface area contributed by atoms with Crippen molar-refractivity contribution in [1.29, 1.82) is 0 Å². The van der Waals surface area contributed by atoms with Gasteiger partial charge in [-0.25, -0.2) is 4.98 Å². The quantitative estimate of drug-likeness (QED) is 0.809. The van der Waals surface area contributed by atoms with Gasteiger partial charge in [0.05, 0.1) is 18.2 Å². The molecule has 3 N–H and O–H groups in total. The number of carbonyl (C=O) groups excluding carboxylic acids is 1. The molecule has 8 nitrogen and oxygen atoms in total. The summed E-state index contributed by atoms with van der Waals surface area (Å²) in [6, 6.07) is 5.35. The van der Waals surface area contributed by atoms with E-state index in [1.165, 1.54) is 0 Å². The zero-order valence-electron chi connectivity index (χ0n) is 16.8. The lowest BCUT2D eigenvalue weighted by molar-refractivity contribution is 0.0141. The number of amides is 1. The lowest BCUT2D eigenvalue weighted by atomic mass is 9.73. The summed E-state index contributed by atoms with van der Waals surface area (Å²) in [6.45, 7) is 6.03. The van der Waals surface area contributed by atoms with Crippen molar-refractivity contribution in [3.05, 3.63) is 41.3 Å². The van der Waals surface area contributed by atoms with Gasteiger partial charge in [0.15, 0.2) is 0 Å². The van der Waals surface area contributed by atoms with Crippen molar-refractivity contribution >= 4 is 17.7 Å². The standard InChI is InChI=1S/C21H26N6O2/c1-12-7-14(8-13(2)25-12)19(28)24-9-15-16-10-27(20-23-6-4-18(22)26-20)11-21(16)5-3-17(15)29-21/h4,6-8,15-17H,3,5,9-11H2,1-2H3,(H,24,28)(H2,22,23,26)/t15-,16+,17+,21+/m0/s1. The number of hydrogen-bond donors (Lipinski definition) is 2. The molecule has 3 aliphatic rings. The summed E-state index contributed by atoms with van der Waals surface area (Å²) in [5.74, 6) is 1.73. The van der Waals surface area contributed by atoms with Crippen molar-refractivity contribution in [3.63, 3.8) is 0 Å². The summed E-state index contributed by atoms with van der Waals surface area (Å²) >= 11 is 0. The Morgan fingerprint density at radius 1 is 1.34 bits per heavy atom. The first-order valence-corrected chi connectivity index (χ1v) is 10.2. The highest BCUT2D eigenvalue weighted by Crippen LogP contribution is 2.54. The topological polar surface area (TPSA) is 106 Å². The third-order valence-electron chi connectivity index (χ3n) is 6.57. The average molecular weight is 394 g/mol. The number of fused-ring (bicyclic) bond motifs is 1. The van der Waals surface area contributed by atoms with Crippen molar-refractivity contribution in [3.8, 4) is 0 Å². The molecule has 1 amide bonds. The van der Waals surface area contributed by atoms with Crippen LogP contribution in [-0.2, 0) is 4.74 Å². The predicted octanol–water partition coefficient (Wildman–Crippen LogP) is 1.48. The molecule has 2 bridgehead atoms. The molecule has 0 aliphatic carbocycles. The molecule has 5 rings (SSSR count). The van der Waals surface area contributed by atoms with Crippen LogP contribution >= 0.6 is 0 Å². The molecule has 0 aromatic carbocycles. The Morgan fingerprint density at radius 2 is 2.14 bits per heavy atom. The smallest absolute Gasteiger partial charge is 0.251 e. The number of aryl methyl sites for hydroxylation is 2. The van der Waals surface area contributed by atoms with Crippen molar-refractivity contribution < 1.29 is 9.53 Å². The summed E-state index contributed by atoms with van der Waals surface area (Å²) < 4.78 is 6.46. The summed E-state index contributed by atoms with van der Waals surface area (Å²) in [7, 11) is 0. The van der Waals surface area contributed by atoms with E-state index >= 15 is 0 Å². The molecular formula is C21H26N6O2. The number of nitrogens with two attached hydrogens (primary N) is 1. The highest BCUT2D eigenvalue weighted by molar-refractivity contribution is 5.94. The SMILES string of the molecule is Cc1cc(C(=O)NC[C@H]2[C@H]3CN(c4nccc(N)n4)C[C@]34CC[C@H]2O4)cc(C)n1. The molecule has 29 heavy (non-hydrogen) atoms. The lowest BCUT2D eigenvalue weighted by Gasteiger charge is -2.29. The van der Waals surface area contributed by atoms with E-state index in [0.717, 1.165) is 37.3 Å². The maximum Gasteiger partial charge on any atom is 0.251 e. The molecule has 3 saturated heterocycles. The zero-order chi connectivity index (χ0) is 20.2. The van der Waals surface area contributed by atoms with Gasteiger partial charge in [0.2, 0.25) is 5.95 Å². The zero-order valence-corrected chi connectivity index (χ0v) is 16.8. The fourth-order valence-electron chi connectivity index (χ4n) is 5.41. The number of nitrogens with one attached hydrogen (secondary N) is 1. The first kappa shape index (κ1) is 18.3. The van der Waals surface area contributed by atoms with E-state index in [4.69, 9.17) is 10.5 Å². The minimum absolute atomic E-state index is 0.0514. The molecule has 0 unspecified atom stereocenters. The van der Waals surface area contributed by atoms with Crippen LogP contribution in [0.15, 0.2) is 24.4 Å². The number of pyridine rings is 1. The van der Waals surface area contributed by atoms with Gasteiger partial charge in [-0.05, 0) is 44.9 Å². The minimum Gasteiger partial charge on any atom is -0.384 e. The fourth-order valence-corrected chi connectivity index (χ4v) is 5.41. The first-order valence-electron chi connectivity index (χ1n) is 10.2. The largest absolute Gasteiger partial charge is 0.384 e. The van der Waals surface area contributed by atoms with Crippen LogP contribution in [0.25, 0.3) is 0 Å². The normalized spacial score (nSPS) is 29.9. The third kappa shape index (κ3) is 3.11. The third-order valence-corrected chi connectivity index (χ3v) is 6.57. The molecule has 152 valence electrons. The number of carbonyl (C=O) groups is 1. The van der Waals surface area contributed by atoms with Gasteiger partial charge < -0.3 is 20.7 Å². The Morgan fingerprint density at radius 3 is 2.90 bits per heavy atom. The second-order valence-corrected chi connectivity index (χ2v) is 8.54. The second-order valence-electron chi connectivity index (χ2n) is 8.54. The summed E-state index contributed by atoms with van der Waals surface area (Å²) in [5, 5.41) is 3.14. The van der Waals surface area contributed by atoms with E-state index in [2.05, 4.69) is 25.2 Å². The first-order chi connectivity index (χ1) is 13.9. The monoisotopic (exact) mass is 394 g/mol. The van der Waals surface area contributed by atoms with Crippen molar-refractivity contribution in [2.75, 3.05) is 30.3 Å². The van der Waals surface area contributed by atoms with Gasteiger partial charge in [0.1, 0.15) is 5.82 Å². The molecule has 2 aromatic rings. The predicted molar refractivity (Wildman–Crippen MR) is 109 cm³/mol. The number of hydrogen-bond acceptors (Lipinski definition) is 7. The van der Waals surface area contributed by atoms with Crippen LogP contribution in [0.1, 0.15) is 34.6 Å². The van der Waals surface area contributed by atoms with Crippen LogP contribution in [0.3, 0.4) is 0 Å². The molecule has 5 heterocycles. The minimum atomic E-state index is -0.155. The molecule has 4 atom stereocenters. The number of aromatic nitrogens is 3.